The lowest BCUT2D eigenvalue weighted by Gasteiger charge is -2.32. The van der Waals surface area contributed by atoms with Crippen molar-refractivity contribution < 1.29 is 11.0 Å². The number of rotatable bonds is 4. The summed E-state index contributed by atoms with van der Waals surface area (Å²) >= 11 is 0. The van der Waals surface area contributed by atoms with Crippen molar-refractivity contribution in [3.8, 4) is 44.5 Å². The Hall–Kier alpha value is -5.98. The van der Waals surface area contributed by atoms with E-state index in [1.54, 1.807) is 0 Å². The maximum Gasteiger partial charge on any atom is 0.0629 e. The third kappa shape index (κ3) is 5.50. The van der Waals surface area contributed by atoms with Gasteiger partial charge in [0.2, 0.25) is 0 Å². The van der Waals surface area contributed by atoms with Gasteiger partial charge >= 0.3 is 0 Å². The minimum absolute atomic E-state index is 0.175. The highest BCUT2D eigenvalue weighted by molar-refractivity contribution is 6.25. The topological polar surface area (TPSA) is 0 Å². The summed E-state index contributed by atoms with van der Waals surface area (Å²) in [5.74, 6) is 0. The number of benzene rings is 9. The van der Waals surface area contributed by atoms with Crippen molar-refractivity contribution in [1.29, 1.82) is 0 Å². The first-order chi connectivity index (χ1) is 30.1. The highest BCUT2D eigenvalue weighted by Gasteiger charge is 2.36. The van der Waals surface area contributed by atoms with E-state index in [0.717, 1.165) is 68.6 Å². The standard InChI is InChI=1S/C55H46/c1-54(2)31-16-32-55(3,4)51-35-49(48(34-50(51)54)37-18-6-5-7-19-37)53-46-23-12-10-21-44(46)52(45-22-11-13-24-47(45)53)43-28-15-26-41-40(25-14-27-42(41)43)39-30-29-36-17-8-9-20-38(36)33-39/h5-15,17-30,33-35H,16,31-32H2,1-4H3/i10D,11D,12D,13D,21D,22D,23D,24D. The molecule has 0 atom stereocenters. The lowest BCUT2D eigenvalue weighted by molar-refractivity contribution is 0.433. The fraction of sp³-hybridized carbons (Fsp3) is 0.164. The fourth-order valence-electron chi connectivity index (χ4n) is 9.32. The van der Waals surface area contributed by atoms with E-state index in [9.17, 15) is 5.48 Å². The van der Waals surface area contributed by atoms with Crippen molar-refractivity contribution in [2.75, 3.05) is 0 Å². The maximum atomic E-state index is 9.80. The molecule has 10 rings (SSSR count). The van der Waals surface area contributed by atoms with Gasteiger partial charge in [0.15, 0.2) is 0 Å². The van der Waals surface area contributed by atoms with Gasteiger partial charge in [0.05, 0.1) is 11.0 Å². The van der Waals surface area contributed by atoms with Gasteiger partial charge in [-0.2, -0.15) is 0 Å². The fourth-order valence-corrected chi connectivity index (χ4v) is 9.32. The summed E-state index contributed by atoms with van der Waals surface area (Å²) < 4.78 is 75.7. The molecule has 0 aromatic heterocycles. The Morgan fingerprint density at radius 3 is 1.53 bits per heavy atom. The quantitative estimate of drug-likeness (QED) is 0.126. The first-order valence-electron chi connectivity index (χ1n) is 23.3. The summed E-state index contributed by atoms with van der Waals surface area (Å²) in [4.78, 5) is 0. The smallest absolute Gasteiger partial charge is 0.0622 e. The Morgan fingerprint density at radius 1 is 0.400 bits per heavy atom. The van der Waals surface area contributed by atoms with Crippen LogP contribution in [0.15, 0.2) is 170 Å². The summed E-state index contributed by atoms with van der Waals surface area (Å²) in [6.07, 6.45) is 2.96. The molecule has 9 aromatic rings. The first-order valence-corrected chi connectivity index (χ1v) is 19.3. The molecule has 0 heteroatoms. The van der Waals surface area contributed by atoms with Crippen molar-refractivity contribution in [3.63, 3.8) is 0 Å². The highest BCUT2D eigenvalue weighted by Crippen LogP contribution is 2.52. The molecule has 0 heterocycles. The van der Waals surface area contributed by atoms with Crippen LogP contribution >= 0.6 is 0 Å². The van der Waals surface area contributed by atoms with E-state index < -0.39 is 24.2 Å². The molecule has 0 unspecified atom stereocenters. The lowest BCUT2D eigenvalue weighted by Crippen LogP contribution is -2.22. The van der Waals surface area contributed by atoms with Crippen molar-refractivity contribution in [2.45, 2.75) is 57.8 Å². The van der Waals surface area contributed by atoms with Crippen LogP contribution < -0.4 is 0 Å². The number of hydrogen-bond donors (Lipinski definition) is 0. The molecule has 1 aliphatic rings. The third-order valence-electron chi connectivity index (χ3n) is 12.2. The summed E-state index contributed by atoms with van der Waals surface area (Å²) in [6.45, 7) is 9.07. The molecule has 9 aromatic carbocycles. The predicted molar refractivity (Wildman–Crippen MR) is 238 cm³/mol. The maximum absolute atomic E-state index is 9.80. The van der Waals surface area contributed by atoms with Gasteiger partial charge in [-0.15, -0.1) is 0 Å². The van der Waals surface area contributed by atoms with E-state index in [-0.39, 0.29) is 56.5 Å². The van der Waals surface area contributed by atoms with Crippen molar-refractivity contribution in [2.24, 2.45) is 0 Å². The second-order valence-electron chi connectivity index (χ2n) is 16.4. The Bertz CT molecular complexity index is 3320. The normalized spacial score (nSPS) is 17.0. The molecular weight excluding hydrogens is 661 g/mol. The molecule has 0 saturated carbocycles. The molecule has 0 saturated heterocycles. The van der Waals surface area contributed by atoms with Crippen LogP contribution in [0.5, 0.6) is 0 Å². The van der Waals surface area contributed by atoms with Crippen molar-refractivity contribution in [1.82, 2.24) is 0 Å². The molecule has 0 spiro atoms. The van der Waals surface area contributed by atoms with Crippen LogP contribution in [0.3, 0.4) is 0 Å². The zero-order valence-electron chi connectivity index (χ0n) is 39.7. The number of hydrogen-bond acceptors (Lipinski definition) is 0. The van der Waals surface area contributed by atoms with E-state index in [0.29, 0.717) is 22.3 Å². The molecule has 266 valence electrons. The van der Waals surface area contributed by atoms with Crippen molar-refractivity contribution in [3.05, 3.63) is 181 Å². The Labute approximate surface area is 336 Å². The minimum atomic E-state index is -0.412. The van der Waals surface area contributed by atoms with Gasteiger partial charge in [-0.3, -0.25) is 0 Å². The lowest BCUT2D eigenvalue weighted by atomic mass is 9.72. The predicted octanol–water partition coefficient (Wildman–Crippen LogP) is 15.7. The first kappa shape index (κ1) is 25.9. The third-order valence-corrected chi connectivity index (χ3v) is 12.2. The van der Waals surface area contributed by atoms with E-state index in [1.165, 1.54) is 5.56 Å². The summed E-state index contributed by atoms with van der Waals surface area (Å²) in [5.41, 5.74) is 7.61. The van der Waals surface area contributed by atoms with Gasteiger partial charge < -0.3 is 0 Å². The molecule has 0 bridgehead atoms. The van der Waals surface area contributed by atoms with Gasteiger partial charge in [0, 0.05) is 0 Å². The molecule has 0 N–H and O–H groups in total. The van der Waals surface area contributed by atoms with Crippen LogP contribution in [0.2, 0.25) is 0 Å². The van der Waals surface area contributed by atoms with E-state index in [2.05, 4.69) is 76.2 Å². The van der Waals surface area contributed by atoms with Gasteiger partial charge in [0.25, 0.3) is 0 Å². The van der Waals surface area contributed by atoms with Crippen LogP contribution in [0.1, 0.15) is 69.1 Å². The molecular formula is C55H46. The second-order valence-corrected chi connectivity index (χ2v) is 16.4. The molecule has 0 aliphatic heterocycles. The van der Waals surface area contributed by atoms with Gasteiger partial charge in [-0.25, -0.2) is 0 Å². The Kier molecular flexibility index (Phi) is 6.04. The number of fused-ring (bicyclic) bond motifs is 5. The zero-order chi connectivity index (χ0) is 44.3. The largest absolute Gasteiger partial charge is 0.0629 e. The SMILES string of the molecule is [2H]c1c([2H])c([2H])c2c(-c3cccc4c(-c5ccc6ccccc6c5)cccc34)c3c([2H])c([2H])c([2H])c([2H])c3c(-c3cc4c(cc3-c3ccccc3)C(C)(C)CCCC4(C)C)c2c1[2H]. The van der Waals surface area contributed by atoms with E-state index in [1.807, 2.05) is 72.8 Å². The average molecular weight is 715 g/mol. The molecule has 0 fully saturated rings. The van der Waals surface area contributed by atoms with Gasteiger partial charge in [0.1, 0.15) is 0 Å². The highest BCUT2D eigenvalue weighted by atomic mass is 14.4. The van der Waals surface area contributed by atoms with Gasteiger partial charge in [-0.05, 0) is 141 Å². The summed E-state index contributed by atoms with van der Waals surface area (Å²) in [6, 6.07) is 38.2. The van der Waals surface area contributed by atoms with Crippen LogP contribution in [-0.2, 0) is 10.8 Å². The second kappa shape index (κ2) is 12.8. The van der Waals surface area contributed by atoms with E-state index in [4.69, 9.17) is 5.48 Å². The molecule has 1 aliphatic carbocycles. The van der Waals surface area contributed by atoms with E-state index >= 15 is 0 Å². The molecule has 0 nitrogen and oxygen atoms in total. The molecule has 55 heavy (non-hydrogen) atoms. The monoisotopic (exact) mass is 714 g/mol. The molecule has 0 radical (unpaired) electrons. The van der Waals surface area contributed by atoms with Crippen LogP contribution in [0.25, 0.3) is 87.6 Å². The molecule has 0 amide bonds. The van der Waals surface area contributed by atoms with Crippen molar-refractivity contribution >= 4 is 43.1 Å². The Morgan fingerprint density at radius 2 is 0.909 bits per heavy atom. The summed E-state index contributed by atoms with van der Waals surface area (Å²) in [5, 5.41) is 4.79. The van der Waals surface area contributed by atoms with Crippen LogP contribution in [-0.4, -0.2) is 0 Å². The Balaban J connectivity index is 1.43. The summed E-state index contributed by atoms with van der Waals surface area (Å²) in [7, 11) is 0. The average Bonchev–Trinajstić information content (AvgIpc) is 3.38. The van der Waals surface area contributed by atoms with Crippen LogP contribution in [0.4, 0.5) is 0 Å². The van der Waals surface area contributed by atoms with Crippen LogP contribution in [0, 0.1) is 0 Å². The zero-order valence-corrected chi connectivity index (χ0v) is 31.7. The van der Waals surface area contributed by atoms with Gasteiger partial charge in [-0.1, -0.05) is 186 Å². The minimum Gasteiger partial charge on any atom is -0.0622 e.